The second-order valence-corrected chi connectivity index (χ2v) is 17.5. The third-order valence-corrected chi connectivity index (χ3v) is 10.5. The van der Waals surface area contributed by atoms with Crippen molar-refractivity contribution in [2.45, 2.75) is 159 Å². The van der Waals surface area contributed by atoms with E-state index in [0.717, 1.165) is 42.8 Å². The van der Waals surface area contributed by atoms with Crippen LogP contribution >= 0.6 is 34.8 Å². The molecule has 2 aliphatic carbocycles. The lowest BCUT2D eigenvalue weighted by Crippen LogP contribution is -2.23. The van der Waals surface area contributed by atoms with E-state index in [4.69, 9.17) is 69.1 Å². The maximum absolute atomic E-state index is 11.7. The van der Waals surface area contributed by atoms with E-state index in [0.29, 0.717) is 39.3 Å². The first-order valence-corrected chi connectivity index (χ1v) is 26.4. The Bertz CT molecular complexity index is 2100. The van der Waals surface area contributed by atoms with Crippen LogP contribution in [0.3, 0.4) is 0 Å². The summed E-state index contributed by atoms with van der Waals surface area (Å²) in [7, 11) is 0. The molecular weight excluding hydrogens is 1110 g/mol. The highest BCUT2D eigenvalue weighted by atomic mass is 35.5. The normalized spacial score (nSPS) is 13.3. The van der Waals surface area contributed by atoms with Crippen molar-refractivity contribution >= 4 is 110 Å². The molecule has 2 aliphatic rings. The van der Waals surface area contributed by atoms with Crippen LogP contribution in [-0.2, 0) is 104 Å². The monoisotopic (exact) mass is 1190 g/mol. The van der Waals surface area contributed by atoms with Gasteiger partial charge in [-0.05, 0) is 135 Å². The van der Waals surface area contributed by atoms with Crippen molar-refractivity contribution in [1.82, 2.24) is 9.97 Å². The highest BCUT2D eigenvalue weighted by molar-refractivity contribution is 6.66. The first kappa shape index (κ1) is 79.1. The number of aromatic amines is 1. The Morgan fingerprint density at radius 2 is 1.08 bits per heavy atom. The molecule has 0 spiro atoms. The second-order valence-electron chi connectivity index (χ2n) is 16.3. The molecule has 1 aromatic heterocycles. The van der Waals surface area contributed by atoms with Gasteiger partial charge in [-0.3, -0.25) is 67.1 Å². The fourth-order valence-corrected chi connectivity index (χ4v) is 6.87. The molecule has 0 saturated heterocycles. The first-order valence-electron chi connectivity index (χ1n) is 25.2. The average molecular weight is 1190 g/mol. The SMILES string of the molecule is CCOC(=O)C1CCCC1=O.CCOC(=O)CCC(CC(=O)OCC)C(=O)OCC.CCOC(C)=O.CCOC(C)=O.Cc1nc2c(c(=O)[nH]1)CCC2.O=C(Cl)CCC(CC(=O)Cl)C(=O)Cl.O=C(O)CCC(CC(=O)O)C(=O)O. The molecule has 1 saturated carbocycles. The third-order valence-electron chi connectivity index (χ3n) is 9.87. The minimum absolute atomic E-state index is 0.00878. The minimum Gasteiger partial charge on any atom is -0.481 e. The topological polar surface area (TPSA) is 384 Å². The van der Waals surface area contributed by atoms with E-state index < -0.39 is 75.7 Å². The van der Waals surface area contributed by atoms with Gasteiger partial charge >= 0.3 is 53.7 Å². The van der Waals surface area contributed by atoms with Crippen molar-refractivity contribution in [2.24, 2.45) is 23.7 Å². The first-order chi connectivity index (χ1) is 37.0. The Morgan fingerprint density at radius 1 is 0.570 bits per heavy atom. The molecule has 3 rings (SSSR count). The van der Waals surface area contributed by atoms with Crippen molar-refractivity contribution < 1.29 is 106 Å². The molecule has 25 nitrogen and oxygen atoms in total. The molecule has 28 heteroatoms. The molecule has 0 radical (unpaired) electrons. The van der Waals surface area contributed by atoms with Gasteiger partial charge in [0, 0.05) is 57.4 Å². The summed E-state index contributed by atoms with van der Waals surface area (Å²) in [5.41, 5.74) is 1.96. The summed E-state index contributed by atoms with van der Waals surface area (Å²) in [4.78, 5) is 156. The number of esters is 6. The number of nitrogens with one attached hydrogen (secondary N) is 1. The summed E-state index contributed by atoms with van der Waals surface area (Å²) in [6.45, 7) is 17.1. The number of hydrogen-bond acceptors (Lipinski definition) is 21. The van der Waals surface area contributed by atoms with Crippen LogP contribution in [-0.4, -0.2) is 140 Å². The van der Waals surface area contributed by atoms with Gasteiger partial charge in [0.15, 0.2) is 0 Å². The van der Waals surface area contributed by atoms with Gasteiger partial charge in [0.25, 0.3) is 5.56 Å². The van der Waals surface area contributed by atoms with Crippen molar-refractivity contribution in [2.75, 3.05) is 39.6 Å². The number of carboxylic acid groups (broad SMARTS) is 3. The number of fused-ring (bicyclic) bond motifs is 1. The van der Waals surface area contributed by atoms with Crippen molar-refractivity contribution in [1.29, 1.82) is 0 Å². The lowest BCUT2D eigenvalue weighted by atomic mass is 9.99. The molecule has 0 bridgehead atoms. The van der Waals surface area contributed by atoms with Gasteiger partial charge < -0.3 is 48.7 Å². The number of aryl methyl sites for hydroxylation is 2. The Kier molecular flexibility index (Phi) is 48.9. The minimum atomic E-state index is -1.27. The zero-order chi connectivity index (χ0) is 61.6. The Hall–Kier alpha value is -6.34. The van der Waals surface area contributed by atoms with Crippen molar-refractivity contribution in [3.63, 3.8) is 0 Å². The summed E-state index contributed by atoms with van der Waals surface area (Å²) < 4.78 is 28.0. The molecule has 4 unspecified atom stereocenters. The Balaban J connectivity index is -0.000000427. The molecule has 0 aromatic carbocycles. The smallest absolute Gasteiger partial charge is 0.316 e. The number of carbonyl (C=O) groups is 13. The van der Waals surface area contributed by atoms with E-state index in [2.05, 4.69) is 19.4 Å². The summed E-state index contributed by atoms with van der Waals surface area (Å²) in [5.74, 6) is -7.91. The van der Waals surface area contributed by atoms with Crippen molar-refractivity contribution in [3.8, 4) is 0 Å². The van der Waals surface area contributed by atoms with Crippen LogP contribution in [0, 0.1) is 30.6 Å². The fraction of sp³-hybridized carbons (Fsp3) is 0.667. The molecule has 4 N–H and O–H groups in total. The number of ether oxygens (including phenoxy) is 6. The van der Waals surface area contributed by atoms with Gasteiger partial charge in [0.05, 0.1) is 70.0 Å². The Labute approximate surface area is 473 Å². The van der Waals surface area contributed by atoms with Gasteiger partial charge in [-0.25, -0.2) is 4.98 Å². The molecule has 1 fully saturated rings. The number of nitrogens with zero attached hydrogens (tertiary/aromatic N) is 1. The number of aromatic nitrogens is 2. The number of carboxylic acids is 3. The van der Waals surface area contributed by atoms with E-state index >= 15 is 0 Å². The number of H-pyrrole nitrogens is 1. The second kappa shape index (κ2) is 48.8. The molecule has 0 amide bonds. The lowest BCUT2D eigenvalue weighted by molar-refractivity contribution is -0.155. The van der Waals surface area contributed by atoms with Gasteiger partial charge in [0.1, 0.15) is 17.5 Å². The van der Waals surface area contributed by atoms with Gasteiger partial charge in [-0.2, -0.15) is 0 Å². The summed E-state index contributed by atoms with van der Waals surface area (Å²) >= 11 is 15.3. The number of hydrogen-bond donors (Lipinski definition) is 4. The zero-order valence-electron chi connectivity index (χ0n) is 46.2. The largest absolute Gasteiger partial charge is 0.481 e. The molecule has 1 aromatic rings. The number of aliphatic carboxylic acids is 3. The van der Waals surface area contributed by atoms with Gasteiger partial charge in [0.2, 0.25) is 15.7 Å². The summed E-state index contributed by atoms with van der Waals surface area (Å²) in [5, 5.41) is 23.1. The Morgan fingerprint density at radius 3 is 1.48 bits per heavy atom. The van der Waals surface area contributed by atoms with Crippen LogP contribution in [0.1, 0.15) is 156 Å². The fourth-order valence-electron chi connectivity index (χ4n) is 6.39. The number of ketones is 1. The maximum Gasteiger partial charge on any atom is 0.316 e. The van der Waals surface area contributed by atoms with Crippen LogP contribution in [0.15, 0.2) is 4.79 Å². The van der Waals surface area contributed by atoms with Crippen LogP contribution < -0.4 is 5.56 Å². The molecular formula is C51H77Cl3N2O23. The molecule has 0 aliphatic heterocycles. The van der Waals surface area contributed by atoms with E-state index in [1.165, 1.54) is 13.8 Å². The number of carbonyl (C=O) groups excluding carboxylic acids is 10. The van der Waals surface area contributed by atoms with E-state index in [9.17, 15) is 67.1 Å². The molecule has 79 heavy (non-hydrogen) atoms. The van der Waals surface area contributed by atoms with Crippen LogP contribution in [0.5, 0.6) is 0 Å². The average Bonchev–Trinajstić information content (AvgIpc) is 4.01. The number of halogens is 3. The molecule has 1 heterocycles. The van der Waals surface area contributed by atoms with Crippen LogP contribution in [0.2, 0.25) is 0 Å². The highest BCUT2D eigenvalue weighted by Gasteiger charge is 2.32. The molecule has 4 atom stereocenters. The number of Topliss-reactive ketones (excluding diaryl/α,β-unsaturated/α-hetero) is 1. The standard InChI is InChI=1S/C13H22O6.C8H10N2O.C8H12O3.C7H7Cl3O3.C7H10O6.2C4H8O2/c1-4-17-11(14)8-7-10(13(16)19-6-3)9-12(15)18-5-2;1-5-9-7-4-2-3-6(7)8(11)10-5;1-2-11-8(10)6-4-3-5-7(6)9;8-5(11)2-1-4(7(10)13)3-6(9)12;8-5(9)2-1-4(7(12)13)3-6(10)11;2*1-3-6-4(2)5/h10H,4-9H2,1-3H3;2-4H2,1H3,(H,9,10,11);6H,2-5H2,1H3;4H,1-3H2;4H,1-3H2,(H,8,9)(H,10,11)(H,12,13);2*3H2,1-2H3. The van der Waals surface area contributed by atoms with Crippen molar-refractivity contribution in [3.05, 3.63) is 27.4 Å². The summed E-state index contributed by atoms with van der Waals surface area (Å²) in [6, 6.07) is 0. The maximum atomic E-state index is 11.7. The highest BCUT2D eigenvalue weighted by Crippen LogP contribution is 2.22. The van der Waals surface area contributed by atoms with Gasteiger partial charge in [-0.1, -0.05) is 0 Å². The van der Waals surface area contributed by atoms with E-state index in [1.807, 2.05) is 6.92 Å². The predicted octanol–water partition coefficient (Wildman–Crippen LogP) is 6.18. The third kappa shape index (κ3) is 46.3. The van der Waals surface area contributed by atoms with E-state index in [1.54, 1.807) is 41.5 Å². The zero-order valence-corrected chi connectivity index (χ0v) is 48.5. The quantitative estimate of drug-likeness (QED) is 0.0367. The van der Waals surface area contributed by atoms with Crippen LogP contribution in [0.25, 0.3) is 0 Å². The van der Waals surface area contributed by atoms with Crippen LogP contribution in [0.4, 0.5) is 0 Å². The predicted molar refractivity (Wildman–Crippen MR) is 283 cm³/mol. The van der Waals surface area contributed by atoms with Gasteiger partial charge in [-0.15, -0.1) is 0 Å². The number of rotatable bonds is 25. The summed E-state index contributed by atoms with van der Waals surface area (Å²) in [6.07, 6.45) is 4.21. The van der Waals surface area contributed by atoms with E-state index in [-0.39, 0.29) is 99.8 Å². The molecule has 450 valence electrons. The lowest BCUT2D eigenvalue weighted by Gasteiger charge is -2.14.